The number of carbonyl (C=O) groups is 1. The topological polar surface area (TPSA) is 76.7 Å². The van der Waals surface area contributed by atoms with Crippen LogP contribution in [0.25, 0.3) is 0 Å². The van der Waals surface area contributed by atoms with E-state index in [0.717, 1.165) is 12.1 Å². The Balaban J connectivity index is 2.38. The van der Waals surface area contributed by atoms with E-state index in [2.05, 4.69) is 26.2 Å². The van der Waals surface area contributed by atoms with E-state index >= 15 is 0 Å². The average Bonchev–Trinajstić information content (AvgIpc) is 2.59. The molecule has 3 N–H and O–H groups in total. The normalized spacial score (nSPS) is 12.4. The molecule has 0 radical (unpaired) electrons. The van der Waals surface area contributed by atoms with Gasteiger partial charge in [-0.05, 0) is 53.2 Å². The predicted molar refractivity (Wildman–Crippen MR) is 106 cm³/mol. The van der Waals surface area contributed by atoms with Crippen LogP contribution in [0.3, 0.4) is 0 Å². The lowest BCUT2D eigenvalue weighted by atomic mass is 10.2. The molecular formula is C18H15BrClF2N3O2. The minimum Gasteiger partial charge on any atom is -0.454 e. The number of benzene rings is 2. The average molecular weight is 459 g/mol. The summed E-state index contributed by atoms with van der Waals surface area (Å²) in [7, 11) is 1.19. The molecule has 2 rings (SSSR count). The van der Waals surface area contributed by atoms with Gasteiger partial charge in [0.15, 0.2) is 5.75 Å². The highest BCUT2D eigenvalue weighted by molar-refractivity contribution is 9.10. The van der Waals surface area contributed by atoms with E-state index in [-0.39, 0.29) is 17.1 Å². The molecule has 1 amide bonds. The molecule has 0 unspecified atom stereocenters. The van der Waals surface area contributed by atoms with E-state index in [9.17, 15) is 13.6 Å². The smallest absolute Gasteiger partial charge is 0.262 e. The zero-order valence-corrected chi connectivity index (χ0v) is 16.7. The molecule has 0 aliphatic heterocycles. The minimum absolute atomic E-state index is 0.00856. The molecule has 0 aromatic heterocycles. The summed E-state index contributed by atoms with van der Waals surface area (Å²) in [5.41, 5.74) is 5.22. The second kappa shape index (κ2) is 8.96. The van der Waals surface area contributed by atoms with Crippen molar-refractivity contribution in [1.82, 2.24) is 0 Å². The maximum Gasteiger partial charge on any atom is 0.262 e. The number of allylic oxidation sites excluding steroid dienone is 1. The summed E-state index contributed by atoms with van der Waals surface area (Å²) in [6.45, 7) is 1.37. The number of amides is 1. The van der Waals surface area contributed by atoms with Gasteiger partial charge in [-0.2, -0.15) is 4.39 Å². The van der Waals surface area contributed by atoms with Gasteiger partial charge in [-0.15, -0.1) is 0 Å². The van der Waals surface area contributed by atoms with Crippen molar-refractivity contribution in [2.75, 3.05) is 12.4 Å². The van der Waals surface area contributed by atoms with Crippen molar-refractivity contribution in [1.29, 1.82) is 0 Å². The monoisotopic (exact) mass is 457 g/mol. The van der Waals surface area contributed by atoms with E-state index in [4.69, 9.17) is 22.1 Å². The summed E-state index contributed by atoms with van der Waals surface area (Å²) in [4.78, 5) is 15.7. The van der Waals surface area contributed by atoms with Crippen LogP contribution in [0.2, 0.25) is 5.02 Å². The highest BCUT2D eigenvalue weighted by Gasteiger charge is 2.20. The zero-order chi connectivity index (χ0) is 20.1. The number of rotatable bonds is 5. The van der Waals surface area contributed by atoms with Crippen LogP contribution in [0, 0.1) is 5.82 Å². The van der Waals surface area contributed by atoms with Crippen molar-refractivity contribution >= 4 is 45.1 Å². The number of hydrogen-bond donors (Lipinski definition) is 2. The third kappa shape index (κ3) is 5.27. The van der Waals surface area contributed by atoms with Crippen LogP contribution >= 0.6 is 27.5 Å². The van der Waals surface area contributed by atoms with Crippen LogP contribution < -0.4 is 15.8 Å². The highest BCUT2D eigenvalue weighted by atomic mass is 79.9. The lowest BCUT2D eigenvalue weighted by Crippen LogP contribution is -2.22. The Morgan fingerprint density at radius 1 is 1.26 bits per heavy atom. The molecule has 0 fully saturated rings. The second-order valence-corrected chi connectivity index (χ2v) is 6.63. The van der Waals surface area contributed by atoms with Crippen LogP contribution in [0.4, 0.5) is 14.5 Å². The molecule has 0 bridgehead atoms. The Hall–Kier alpha value is -2.45. The van der Waals surface area contributed by atoms with E-state index in [1.54, 1.807) is 18.2 Å². The Morgan fingerprint density at radius 3 is 2.56 bits per heavy atom. The summed E-state index contributed by atoms with van der Waals surface area (Å²) in [6.07, 6.45) is 0. The van der Waals surface area contributed by atoms with E-state index < -0.39 is 23.3 Å². The van der Waals surface area contributed by atoms with Crippen LogP contribution in [0.1, 0.15) is 6.92 Å². The Morgan fingerprint density at radius 2 is 1.96 bits per heavy atom. The highest BCUT2D eigenvalue weighted by Crippen LogP contribution is 2.36. The van der Waals surface area contributed by atoms with Gasteiger partial charge in [0.1, 0.15) is 17.1 Å². The van der Waals surface area contributed by atoms with Crippen LogP contribution in [-0.2, 0) is 4.79 Å². The third-order valence-corrected chi connectivity index (χ3v) is 4.18. The van der Waals surface area contributed by atoms with Crippen molar-refractivity contribution in [3.8, 4) is 11.5 Å². The molecule has 0 spiro atoms. The van der Waals surface area contributed by atoms with Crippen molar-refractivity contribution in [3.63, 3.8) is 0 Å². The first-order chi connectivity index (χ1) is 12.7. The summed E-state index contributed by atoms with van der Waals surface area (Å²) in [6, 6.07) is 8.26. The lowest BCUT2D eigenvalue weighted by Gasteiger charge is -2.14. The number of nitrogens with one attached hydrogen (secondary N) is 1. The predicted octanol–water partition coefficient (Wildman–Crippen LogP) is 5.20. The van der Waals surface area contributed by atoms with Gasteiger partial charge in [-0.3, -0.25) is 9.79 Å². The first kappa shape index (κ1) is 20.9. The Kier molecular flexibility index (Phi) is 6.92. The number of carbonyl (C=O) groups excluding carboxylic acids is 1. The SMILES string of the molecule is CN=C(F)C(C(=O)Nc1ccc(F)cc1Oc1ccc(Cl)cc1Br)=C(C)N. The molecule has 0 saturated heterocycles. The second-order valence-electron chi connectivity index (χ2n) is 5.34. The maximum absolute atomic E-state index is 13.8. The molecule has 0 saturated carbocycles. The number of hydrogen-bond acceptors (Lipinski definition) is 4. The number of ether oxygens (including phenoxy) is 1. The molecule has 9 heteroatoms. The molecule has 2 aromatic carbocycles. The fraction of sp³-hybridized carbons (Fsp3) is 0.111. The fourth-order valence-corrected chi connectivity index (χ4v) is 2.86. The van der Waals surface area contributed by atoms with Crippen LogP contribution in [0.15, 0.2) is 57.1 Å². The molecule has 0 heterocycles. The molecule has 5 nitrogen and oxygen atoms in total. The van der Waals surface area contributed by atoms with E-state index in [1.165, 1.54) is 20.0 Å². The lowest BCUT2D eigenvalue weighted by molar-refractivity contribution is -0.112. The van der Waals surface area contributed by atoms with Gasteiger partial charge in [0.25, 0.3) is 5.91 Å². The van der Waals surface area contributed by atoms with Gasteiger partial charge in [0.05, 0.1) is 10.2 Å². The summed E-state index contributed by atoms with van der Waals surface area (Å²) in [5, 5.41) is 2.93. The summed E-state index contributed by atoms with van der Waals surface area (Å²) in [5.74, 6) is -2.09. The van der Waals surface area contributed by atoms with Crippen LogP contribution in [0.5, 0.6) is 11.5 Å². The van der Waals surface area contributed by atoms with Crippen LogP contribution in [-0.4, -0.2) is 18.9 Å². The van der Waals surface area contributed by atoms with E-state index in [0.29, 0.717) is 15.2 Å². The zero-order valence-electron chi connectivity index (χ0n) is 14.3. The van der Waals surface area contributed by atoms with Gasteiger partial charge in [-0.1, -0.05) is 11.6 Å². The molecule has 0 atom stereocenters. The Bertz CT molecular complexity index is 944. The first-order valence-corrected chi connectivity index (χ1v) is 8.72. The maximum atomic E-state index is 13.8. The molecule has 27 heavy (non-hydrogen) atoms. The number of aliphatic imine (C=N–C) groups is 1. The molecular weight excluding hydrogens is 444 g/mol. The fourth-order valence-electron chi connectivity index (χ4n) is 2.09. The van der Waals surface area contributed by atoms with Crippen molar-refractivity contribution in [2.24, 2.45) is 10.7 Å². The molecule has 142 valence electrons. The minimum atomic E-state index is -1.02. The summed E-state index contributed by atoms with van der Waals surface area (Å²) < 4.78 is 33.7. The van der Waals surface area contributed by atoms with Gasteiger partial charge < -0.3 is 15.8 Å². The number of nitrogens with two attached hydrogens (primary N) is 1. The largest absolute Gasteiger partial charge is 0.454 e. The van der Waals surface area contributed by atoms with Gasteiger partial charge in [0.2, 0.25) is 5.97 Å². The molecule has 0 aliphatic carbocycles. The summed E-state index contributed by atoms with van der Waals surface area (Å²) >= 11 is 9.18. The third-order valence-electron chi connectivity index (χ3n) is 3.33. The number of anilines is 1. The molecule has 0 aliphatic rings. The Labute approximate surface area is 168 Å². The molecule has 2 aromatic rings. The van der Waals surface area contributed by atoms with Crippen molar-refractivity contribution in [3.05, 3.63) is 63.0 Å². The van der Waals surface area contributed by atoms with Gasteiger partial charge in [0, 0.05) is 23.8 Å². The van der Waals surface area contributed by atoms with Gasteiger partial charge in [-0.25, -0.2) is 4.39 Å². The van der Waals surface area contributed by atoms with Crippen molar-refractivity contribution in [2.45, 2.75) is 6.92 Å². The first-order valence-electron chi connectivity index (χ1n) is 7.55. The standard InChI is InChI=1S/C18H15BrClF2N3O2/c1-9(23)16(17(22)24-2)18(26)25-13-5-4-11(21)8-15(13)27-14-6-3-10(20)7-12(14)19/h3-8H,23H2,1-2H3,(H,25,26). The van der Waals surface area contributed by atoms with E-state index in [1.807, 2.05) is 0 Å². The quantitative estimate of drug-likeness (QED) is 0.477. The number of halogens is 4. The number of nitrogens with zero attached hydrogens (tertiary/aromatic N) is 1. The van der Waals surface area contributed by atoms with Gasteiger partial charge >= 0.3 is 0 Å². The van der Waals surface area contributed by atoms with Crippen molar-refractivity contribution < 1.29 is 18.3 Å².